The molecule has 0 aliphatic heterocycles. The van der Waals surface area contributed by atoms with E-state index in [2.05, 4.69) is 6.58 Å². The molecular weight excluding hydrogens is 180 g/mol. The van der Waals surface area contributed by atoms with Crippen molar-refractivity contribution in [2.75, 3.05) is 14.2 Å². The zero-order valence-electron chi connectivity index (χ0n) is 8.24. The first-order valence-electron chi connectivity index (χ1n) is 4.11. The van der Waals surface area contributed by atoms with E-state index in [4.69, 9.17) is 9.47 Å². The van der Waals surface area contributed by atoms with Crippen molar-refractivity contribution in [3.8, 4) is 0 Å². The molecule has 0 aromatic carbocycles. The lowest BCUT2D eigenvalue weighted by Crippen LogP contribution is -2.13. The van der Waals surface area contributed by atoms with Crippen LogP contribution < -0.4 is 0 Å². The first-order valence-corrected chi connectivity index (χ1v) is 4.11. The van der Waals surface area contributed by atoms with Crippen LogP contribution in [0.2, 0.25) is 0 Å². The fraction of sp³-hybridized carbons (Fsp3) is 0.182. The van der Waals surface area contributed by atoms with Gasteiger partial charge in [0.1, 0.15) is 0 Å². The Bertz CT molecular complexity index is 320. The highest BCUT2D eigenvalue weighted by Gasteiger charge is 2.21. The van der Waals surface area contributed by atoms with Crippen LogP contribution in [0.15, 0.2) is 48.0 Å². The van der Waals surface area contributed by atoms with Crippen LogP contribution in [0.1, 0.15) is 0 Å². The summed E-state index contributed by atoms with van der Waals surface area (Å²) < 4.78 is 9.86. The average Bonchev–Trinajstić information content (AvgIpc) is 2.20. The Hall–Kier alpha value is -1.77. The molecule has 1 aliphatic rings. The lowest BCUT2D eigenvalue weighted by molar-refractivity contribution is -0.117. The van der Waals surface area contributed by atoms with Crippen LogP contribution in [0.25, 0.3) is 0 Å². The van der Waals surface area contributed by atoms with Crippen molar-refractivity contribution in [2.24, 2.45) is 0 Å². The Kier molecular flexibility index (Phi) is 3.29. The van der Waals surface area contributed by atoms with Gasteiger partial charge in [-0.05, 0) is 17.7 Å². The van der Waals surface area contributed by atoms with Gasteiger partial charge in [0.25, 0.3) is 5.78 Å². The number of carbonyl (C=O) groups is 1. The summed E-state index contributed by atoms with van der Waals surface area (Å²) in [6.07, 6.45) is 6.70. The van der Waals surface area contributed by atoms with Gasteiger partial charge in [0.05, 0.1) is 14.2 Å². The van der Waals surface area contributed by atoms with E-state index in [-0.39, 0.29) is 17.3 Å². The third kappa shape index (κ3) is 1.93. The summed E-state index contributed by atoms with van der Waals surface area (Å²) in [5.41, 5.74) is 0.827. The van der Waals surface area contributed by atoms with E-state index in [0.717, 1.165) is 5.57 Å². The van der Waals surface area contributed by atoms with E-state index in [9.17, 15) is 4.79 Å². The van der Waals surface area contributed by atoms with Gasteiger partial charge in [0, 0.05) is 0 Å². The minimum absolute atomic E-state index is 0.240. The SMILES string of the molecule is C=CC=C1C=C(OC)C(=O)C(OC)=C1. The van der Waals surface area contributed by atoms with E-state index in [1.807, 2.05) is 0 Å². The normalized spacial score (nSPS) is 15.6. The molecule has 0 bridgehead atoms. The summed E-state index contributed by atoms with van der Waals surface area (Å²) in [7, 11) is 2.90. The second-order valence-corrected chi connectivity index (χ2v) is 2.66. The molecular formula is C11H12O3. The molecule has 3 nitrogen and oxygen atoms in total. The second-order valence-electron chi connectivity index (χ2n) is 2.66. The van der Waals surface area contributed by atoms with E-state index in [1.165, 1.54) is 14.2 Å². The molecule has 0 unspecified atom stereocenters. The summed E-state index contributed by atoms with van der Waals surface area (Å²) in [5.74, 6) is 0.311. The Balaban J connectivity index is 3.08. The van der Waals surface area contributed by atoms with Gasteiger partial charge in [-0.2, -0.15) is 0 Å². The minimum Gasteiger partial charge on any atom is -0.492 e. The zero-order valence-corrected chi connectivity index (χ0v) is 8.24. The third-order valence-corrected chi connectivity index (χ3v) is 1.79. The van der Waals surface area contributed by atoms with Crippen LogP contribution in [-0.4, -0.2) is 20.0 Å². The van der Waals surface area contributed by atoms with Crippen molar-refractivity contribution >= 4 is 5.78 Å². The number of methoxy groups -OCH3 is 2. The summed E-state index contributed by atoms with van der Waals surface area (Å²) >= 11 is 0. The molecule has 0 N–H and O–H groups in total. The average molecular weight is 192 g/mol. The number of hydrogen-bond donors (Lipinski definition) is 0. The van der Waals surface area contributed by atoms with Crippen molar-refractivity contribution in [3.63, 3.8) is 0 Å². The van der Waals surface area contributed by atoms with Crippen molar-refractivity contribution < 1.29 is 14.3 Å². The quantitative estimate of drug-likeness (QED) is 0.683. The van der Waals surface area contributed by atoms with Gasteiger partial charge in [-0.25, -0.2) is 0 Å². The Morgan fingerprint density at radius 2 is 1.71 bits per heavy atom. The molecule has 0 spiro atoms. The monoisotopic (exact) mass is 192 g/mol. The fourth-order valence-electron chi connectivity index (χ4n) is 1.13. The molecule has 0 radical (unpaired) electrons. The number of carbonyl (C=O) groups excluding carboxylic acids is 1. The summed E-state index contributed by atoms with van der Waals surface area (Å²) in [4.78, 5) is 11.5. The minimum atomic E-state index is -0.240. The Morgan fingerprint density at radius 3 is 2.07 bits per heavy atom. The third-order valence-electron chi connectivity index (χ3n) is 1.79. The highest BCUT2D eigenvalue weighted by molar-refractivity contribution is 6.07. The highest BCUT2D eigenvalue weighted by Crippen LogP contribution is 2.19. The van der Waals surface area contributed by atoms with E-state index < -0.39 is 0 Å². The largest absolute Gasteiger partial charge is 0.492 e. The predicted octanol–water partition coefficient (Wildman–Crippen LogP) is 1.74. The highest BCUT2D eigenvalue weighted by atomic mass is 16.5. The molecule has 0 atom stereocenters. The molecule has 0 fully saturated rings. The van der Waals surface area contributed by atoms with E-state index >= 15 is 0 Å². The lowest BCUT2D eigenvalue weighted by atomic mass is 10.1. The predicted molar refractivity (Wildman–Crippen MR) is 53.5 cm³/mol. The fourth-order valence-corrected chi connectivity index (χ4v) is 1.13. The molecule has 0 aromatic rings. The van der Waals surface area contributed by atoms with Gasteiger partial charge < -0.3 is 9.47 Å². The molecule has 0 heterocycles. The van der Waals surface area contributed by atoms with Gasteiger partial charge in [0.2, 0.25) is 0 Å². The lowest BCUT2D eigenvalue weighted by Gasteiger charge is -2.12. The van der Waals surface area contributed by atoms with Crippen molar-refractivity contribution in [3.05, 3.63) is 48.0 Å². The van der Waals surface area contributed by atoms with Crippen LogP contribution in [-0.2, 0) is 14.3 Å². The maximum atomic E-state index is 11.5. The number of Topliss-reactive ketones (excluding diaryl/α,β-unsaturated/α-hetero) is 1. The standard InChI is InChI=1S/C11H12O3/c1-4-5-8-6-9(13-2)11(12)10(7-8)14-3/h4-7H,1H2,2-3H3. The van der Waals surface area contributed by atoms with Gasteiger partial charge in [0.15, 0.2) is 11.5 Å². The van der Waals surface area contributed by atoms with E-state index in [1.54, 1.807) is 24.3 Å². The second kappa shape index (κ2) is 4.46. The number of rotatable bonds is 3. The van der Waals surface area contributed by atoms with Crippen LogP contribution >= 0.6 is 0 Å². The van der Waals surface area contributed by atoms with Gasteiger partial charge in [-0.1, -0.05) is 18.7 Å². The van der Waals surface area contributed by atoms with Crippen LogP contribution in [0, 0.1) is 0 Å². The number of ketones is 1. The Labute approximate surface area is 83.0 Å². The molecule has 74 valence electrons. The molecule has 14 heavy (non-hydrogen) atoms. The first-order chi connectivity index (χ1) is 6.72. The van der Waals surface area contributed by atoms with Gasteiger partial charge >= 0.3 is 0 Å². The van der Waals surface area contributed by atoms with Gasteiger partial charge in [-0.3, -0.25) is 4.79 Å². The molecule has 3 heteroatoms. The first kappa shape index (κ1) is 10.3. The molecule has 0 aromatic heterocycles. The van der Waals surface area contributed by atoms with Crippen molar-refractivity contribution in [2.45, 2.75) is 0 Å². The topological polar surface area (TPSA) is 35.5 Å². The van der Waals surface area contributed by atoms with Crippen LogP contribution in [0.5, 0.6) is 0 Å². The van der Waals surface area contributed by atoms with Crippen LogP contribution in [0.4, 0.5) is 0 Å². The maximum absolute atomic E-state index is 11.5. The van der Waals surface area contributed by atoms with Crippen LogP contribution in [0.3, 0.4) is 0 Å². The smallest absolute Gasteiger partial charge is 0.261 e. The molecule has 1 aliphatic carbocycles. The number of hydrogen-bond acceptors (Lipinski definition) is 3. The molecule has 1 rings (SSSR count). The summed E-state index contributed by atoms with van der Waals surface area (Å²) in [5, 5.41) is 0. The summed E-state index contributed by atoms with van der Waals surface area (Å²) in [6.45, 7) is 3.57. The number of allylic oxidation sites excluding steroid dienone is 5. The molecule has 0 amide bonds. The Morgan fingerprint density at radius 1 is 1.21 bits per heavy atom. The van der Waals surface area contributed by atoms with Crippen molar-refractivity contribution in [1.29, 1.82) is 0 Å². The van der Waals surface area contributed by atoms with E-state index in [0.29, 0.717) is 0 Å². The maximum Gasteiger partial charge on any atom is 0.261 e. The number of ether oxygens (including phenoxy) is 2. The molecule has 0 saturated heterocycles. The summed E-state index contributed by atoms with van der Waals surface area (Å²) in [6, 6.07) is 0. The van der Waals surface area contributed by atoms with Gasteiger partial charge in [-0.15, -0.1) is 0 Å². The van der Waals surface area contributed by atoms with Crippen molar-refractivity contribution in [1.82, 2.24) is 0 Å². The zero-order chi connectivity index (χ0) is 10.6. The molecule has 0 saturated carbocycles.